The molecule has 0 fully saturated rings. The fourth-order valence-corrected chi connectivity index (χ4v) is 3.75. The highest BCUT2D eigenvalue weighted by Gasteiger charge is 2.11. The molecule has 5 rings (SSSR count). The predicted molar refractivity (Wildman–Crippen MR) is 118 cm³/mol. The minimum atomic E-state index is -0.0574. The second-order valence-corrected chi connectivity index (χ2v) is 7.33. The second-order valence-electron chi connectivity index (χ2n) is 7.33. The molecule has 0 N–H and O–H groups in total. The molecule has 0 saturated heterocycles. The third-order valence-corrected chi connectivity index (χ3v) is 5.22. The first-order valence-corrected chi connectivity index (χ1v) is 9.55. The van der Waals surface area contributed by atoms with Gasteiger partial charge in [-0.1, -0.05) is 24.3 Å². The molecular weight excluding hydrogens is 358 g/mol. The third kappa shape index (κ3) is 2.99. The lowest BCUT2D eigenvalue weighted by atomic mass is 10.0. The van der Waals surface area contributed by atoms with E-state index in [9.17, 15) is 4.79 Å². The van der Waals surface area contributed by atoms with Crippen molar-refractivity contribution in [2.24, 2.45) is 0 Å². The number of nitrogens with zero attached hydrogens (tertiary/aromatic N) is 3. The highest BCUT2D eigenvalue weighted by Crippen LogP contribution is 2.29. The molecule has 0 bridgehead atoms. The van der Waals surface area contributed by atoms with Crippen LogP contribution in [0.2, 0.25) is 0 Å². The van der Waals surface area contributed by atoms with Gasteiger partial charge < -0.3 is 0 Å². The molecule has 0 aliphatic carbocycles. The SMILES string of the molecule is Cc1cccc(-n2c(=O)ccc3cnc4ccc(-c5ccc(C)nc5)cc4c32)c1. The molecule has 0 radical (unpaired) electrons. The zero-order valence-electron chi connectivity index (χ0n) is 16.3. The molecule has 0 unspecified atom stereocenters. The molecule has 0 amide bonds. The van der Waals surface area contributed by atoms with Gasteiger partial charge in [-0.05, 0) is 61.4 Å². The van der Waals surface area contributed by atoms with Crippen LogP contribution in [0, 0.1) is 13.8 Å². The molecule has 0 aliphatic rings. The maximum absolute atomic E-state index is 12.9. The van der Waals surface area contributed by atoms with Crippen LogP contribution in [0.15, 0.2) is 83.9 Å². The molecule has 3 heterocycles. The maximum atomic E-state index is 12.9. The Morgan fingerprint density at radius 3 is 2.45 bits per heavy atom. The fourth-order valence-electron chi connectivity index (χ4n) is 3.75. The number of hydrogen-bond acceptors (Lipinski definition) is 3. The molecular formula is C25H19N3O. The van der Waals surface area contributed by atoms with Crippen molar-refractivity contribution in [2.45, 2.75) is 13.8 Å². The topological polar surface area (TPSA) is 47.8 Å². The van der Waals surface area contributed by atoms with Gasteiger partial charge in [-0.3, -0.25) is 19.3 Å². The summed E-state index contributed by atoms with van der Waals surface area (Å²) in [7, 11) is 0. The molecule has 0 saturated carbocycles. The van der Waals surface area contributed by atoms with Crippen molar-refractivity contribution in [1.82, 2.24) is 14.5 Å². The van der Waals surface area contributed by atoms with Gasteiger partial charge in [0.1, 0.15) is 0 Å². The minimum Gasteiger partial charge on any atom is -0.276 e. The zero-order valence-corrected chi connectivity index (χ0v) is 16.3. The van der Waals surface area contributed by atoms with Crippen molar-refractivity contribution in [3.8, 4) is 16.8 Å². The number of benzene rings is 2. The molecule has 5 aromatic rings. The summed E-state index contributed by atoms with van der Waals surface area (Å²) in [6, 6.07) is 21.7. The van der Waals surface area contributed by atoms with Gasteiger partial charge in [-0.2, -0.15) is 0 Å². The average molecular weight is 377 g/mol. The van der Waals surface area contributed by atoms with Gasteiger partial charge in [0.05, 0.1) is 11.0 Å². The van der Waals surface area contributed by atoms with Crippen molar-refractivity contribution < 1.29 is 0 Å². The van der Waals surface area contributed by atoms with Crippen LogP contribution in [0.1, 0.15) is 11.3 Å². The first-order chi connectivity index (χ1) is 14.1. The Kier molecular flexibility index (Phi) is 3.98. The Morgan fingerprint density at radius 2 is 1.66 bits per heavy atom. The summed E-state index contributed by atoms with van der Waals surface area (Å²) in [6.45, 7) is 4.00. The highest BCUT2D eigenvalue weighted by atomic mass is 16.1. The van der Waals surface area contributed by atoms with Crippen molar-refractivity contribution in [3.63, 3.8) is 0 Å². The number of aryl methyl sites for hydroxylation is 2. The van der Waals surface area contributed by atoms with Gasteiger partial charge in [0.2, 0.25) is 0 Å². The van der Waals surface area contributed by atoms with Crippen molar-refractivity contribution in [2.75, 3.05) is 0 Å². The molecule has 4 nitrogen and oxygen atoms in total. The Hall–Kier alpha value is -3.79. The predicted octanol–water partition coefficient (Wildman–Crippen LogP) is 5.22. The molecule has 4 heteroatoms. The van der Waals surface area contributed by atoms with E-state index in [0.717, 1.165) is 49.9 Å². The van der Waals surface area contributed by atoms with Gasteiger partial charge in [-0.25, -0.2) is 0 Å². The van der Waals surface area contributed by atoms with E-state index < -0.39 is 0 Å². The molecule has 2 aromatic carbocycles. The van der Waals surface area contributed by atoms with E-state index in [1.54, 1.807) is 10.6 Å². The highest BCUT2D eigenvalue weighted by molar-refractivity contribution is 6.05. The van der Waals surface area contributed by atoms with Gasteiger partial charge in [0.15, 0.2) is 0 Å². The van der Waals surface area contributed by atoms with Crippen LogP contribution < -0.4 is 5.56 Å². The van der Waals surface area contributed by atoms with Crippen LogP contribution in [0.4, 0.5) is 0 Å². The van der Waals surface area contributed by atoms with Gasteiger partial charge in [0, 0.05) is 46.2 Å². The Balaban J connectivity index is 1.87. The van der Waals surface area contributed by atoms with Crippen LogP contribution in [0.25, 0.3) is 38.6 Å². The summed E-state index contributed by atoms with van der Waals surface area (Å²) in [4.78, 5) is 21.9. The minimum absolute atomic E-state index is 0.0574. The fraction of sp³-hybridized carbons (Fsp3) is 0.0800. The number of aromatic nitrogens is 3. The van der Waals surface area contributed by atoms with E-state index in [2.05, 4.69) is 22.1 Å². The van der Waals surface area contributed by atoms with Crippen LogP contribution in [-0.4, -0.2) is 14.5 Å². The van der Waals surface area contributed by atoms with E-state index in [0.29, 0.717) is 0 Å². The largest absolute Gasteiger partial charge is 0.276 e. The second kappa shape index (κ2) is 6.67. The molecule has 140 valence electrons. The molecule has 0 spiro atoms. The third-order valence-electron chi connectivity index (χ3n) is 5.22. The van der Waals surface area contributed by atoms with Crippen LogP contribution >= 0.6 is 0 Å². The van der Waals surface area contributed by atoms with Crippen molar-refractivity contribution in [1.29, 1.82) is 0 Å². The van der Waals surface area contributed by atoms with Gasteiger partial charge in [-0.15, -0.1) is 0 Å². The first kappa shape index (κ1) is 17.3. The van der Waals surface area contributed by atoms with Crippen LogP contribution in [0.3, 0.4) is 0 Å². The number of rotatable bonds is 2. The monoisotopic (exact) mass is 377 g/mol. The maximum Gasteiger partial charge on any atom is 0.255 e. The first-order valence-electron chi connectivity index (χ1n) is 9.55. The van der Waals surface area contributed by atoms with E-state index in [1.165, 1.54) is 0 Å². The van der Waals surface area contributed by atoms with Crippen LogP contribution in [-0.2, 0) is 0 Å². The van der Waals surface area contributed by atoms with Crippen molar-refractivity contribution in [3.05, 3.63) is 101 Å². The summed E-state index contributed by atoms with van der Waals surface area (Å²) in [5.41, 5.74) is 6.70. The zero-order chi connectivity index (χ0) is 20.0. The Labute approximate surface area is 168 Å². The number of fused-ring (bicyclic) bond motifs is 3. The van der Waals surface area contributed by atoms with Crippen LogP contribution in [0.5, 0.6) is 0 Å². The number of hydrogen-bond donors (Lipinski definition) is 0. The summed E-state index contributed by atoms with van der Waals surface area (Å²) in [5, 5.41) is 1.87. The van der Waals surface area contributed by atoms with E-state index in [-0.39, 0.29) is 5.56 Å². The summed E-state index contributed by atoms with van der Waals surface area (Å²) in [5.74, 6) is 0. The van der Waals surface area contributed by atoms with Gasteiger partial charge in [0.25, 0.3) is 5.56 Å². The van der Waals surface area contributed by atoms with E-state index >= 15 is 0 Å². The standard InChI is InChI=1S/C25H19N3O/c1-16-4-3-5-21(12-16)28-24(29)11-9-20-15-27-23-10-8-18(13-22(23)25(20)28)19-7-6-17(2)26-14-19/h3-15H,1-2H3. The van der Waals surface area contributed by atoms with E-state index in [1.807, 2.05) is 74.8 Å². The quantitative estimate of drug-likeness (QED) is 0.396. The Bertz CT molecular complexity index is 1430. The molecule has 0 aliphatic heterocycles. The van der Waals surface area contributed by atoms with Crippen molar-refractivity contribution >= 4 is 21.8 Å². The summed E-state index contributed by atoms with van der Waals surface area (Å²) < 4.78 is 1.78. The molecule has 0 atom stereocenters. The smallest absolute Gasteiger partial charge is 0.255 e. The Morgan fingerprint density at radius 1 is 0.793 bits per heavy atom. The molecule has 29 heavy (non-hydrogen) atoms. The normalized spacial score (nSPS) is 11.2. The van der Waals surface area contributed by atoms with Gasteiger partial charge >= 0.3 is 0 Å². The molecule has 3 aromatic heterocycles. The lowest BCUT2D eigenvalue weighted by molar-refractivity contribution is 1.04. The summed E-state index contributed by atoms with van der Waals surface area (Å²) >= 11 is 0. The van der Waals surface area contributed by atoms with E-state index in [4.69, 9.17) is 0 Å². The number of pyridine rings is 3. The lowest BCUT2D eigenvalue weighted by Gasteiger charge is -2.14. The summed E-state index contributed by atoms with van der Waals surface area (Å²) in [6.07, 6.45) is 3.71. The lowest BCUT2D eigenvalue weighted by Crippen LogP contribution is -2.17. The average Bonchev–Trinajstić information content (AvgIpc) is 2.73.